The Morgan fingerprint density at radius 2 is 2.09 bits per heavy atom. The number of carbonyl (C=O) groups is 1. The highest BCUT2D eigenvalue weighted by Gasteiger charge is 2.42. The van der Waals surface area contributed by atoms with Crippen LogP contribution in [0.4, 0.5) is 23.7 Å². The molecule has 1 heterocycles. The Hall–Kier alpha value is -2.03. The number of amides is 2. The van der Waals surface area contributed by atoms with Crippen LogP contribution in [0.3, 0.4) is 0 Å². The van der Waals surface area contributed by atoms with Gasteiger partial charge >= 0.3 is 12.2 Å². The molecular formula is C13H16F3N3O3. The number of urea groups is 1. The van der Waals surface area contributed by atoms with Gasteiger partial charge in [-0.1, -0.05) is 0 Å². The third-order valence-electron chi connectivity index (χ3n) is 3.68. The highest BCUT2D eigenvalue weighted by Crippen LogP contribution is 2.39. The van der Waals surface area contributed by atoms with Crippen LogP contribution in [0.5, 0.6) is 0 Å². The molecule has 6 nitrogen and oxygen atoms in total. The van der Waals surface area contributed by atoms with E-state index in [2.05, 4.69) is 10.6 Å². The van der Waals surface area contributed by atoms with Crippen LogP contribution >= 0.6 is 0 Å². The first-order chi connectivity index (χ1) is 10.2. The lowest BCUT2D eigenvalue weighted by molar-refractivity contribution is -0.137. The second-order valence-electron chi connectivity index (χ2n) is 5.56. The van der Waals surface area contributed by atoms with Gasteiger partial charge in [0.25, 0.3) is 5.56 Å². The lowest BCUT2D eigenvalue weighted by Crippen LogP contribution is -2.52. The van der Waals surface area contributed by atoms with Gasteiger partial charge in [-0.05, 0) is 31.7 Å². The average Bonchev–Trinajstić information content (AvgIpc) is 3.24. The van der Waals surface area contributed by atoms with Crippen LogP contribution in [-0.2, 0) is 6.18 Å². The first-order valence-electron chi connectivity index (χ1n) is 6.65. The zero-order valence-corrected chi connectivity index (χ0v) is 11.8. The first-order valence-corrected chi connectivity index (χ1v) is 6.65. The second-order valence-corrected chi connectivity index (χ2v) is 5.56. The highest BCUT2D eigenvalue weighted by molar-refractivity contribution is 5.89. The number of aromatic nitrogens is 1. The molecule has 0 bridgehead atoms. The number of aromatic amines is 1. The highest BCUT2D eigenvalue weighted by atomic mass is 19.4. The summed E-state index contributed by atoms with van der Waals surface area (Å²) in [4.78, 5) is 25.3. The summed E-state index contributed by atoms with van der Waals surface area (Å²) in [5.41, 5.74) is -3.29. The molecule has 0 aromatic carbocycles. The van der Waals surface area contributed by atoms with Crippen LogP contribution < -0.4 is 16.2 Å². The Kier molecular flexibility index (Phi) is 4.19. The molecule has 0 spiro atoms. The van der Waals surface area contributed by atoms with Gasteiger partial charge in [0.05, 0.1) is 17.7 Å². The van der Waals surface area contributed by atoms with Crippen molar-refractivity contribution in [3.05, 3.63) is 28.2 Å². The molecule has 1 aromatic heterocycles. The maximum atomic E-state index is 12.6. The summed E-state index contributed by atoms with van der Waals surface area (Å²) in [6, 6.07) is -0.278. The zero-order valence-electron chi connectivity index (χ0n) is 11.8. The Bertz CT molecular complexity index is 625. The zero-order chi connectivity index (χ0) is 16.5. The smallest absolute Gasteiger partial charge is 0.394 e. The molecule has 1 fully saturated rings. The quantitative estimate of drug-likeness (QED) is 0.680. The van der Waals surface area contributed by atoms with Crippen molar-refractivity contribution < 1.29 is 23.1 Å². The van der Waals surface area contributed by atoms with Gasteiger partial charge in [0.2, 0.25) is 0 Å². The molecule has 9 heteroatoms. The molecule has 4 N–H and O–H groups in total. The largest absolute Gasteiger partial charge is 0.417 e. The summed E-state index contributed by atoms with van der Waals surface area (Å²) in [7, 11) is 0. The van der Waals surface area contributed by atoms with Gasteiger partial charge in [0, 0.05) is 6.20 Å². The van der Waals surface area contributed by atoms with Crippen LogP contribution in [0.15, 0.2) is 17.1 Å². The summed E-state index contributed by atoms with van der Waals surface area (Å²) in [5.74, 6) is 0.114. The third kappa shape index (κ3) is 3.59. The molecule has 1 aromatic rings. The lowest BCUT2D eigenvalue weighted by atomic mass is 9.97. The fraction of sp³-hybridized carbons (Fsp3) is 0.538. The molecule has 2 amide bonds. The van der Waals surface area contributed by atoms with Crippen LogP contribution in [-0.4, -0.2) is 28.3 Å². The number of nitrogens with one attached hydrogen (secondary N) is 3. The van der Waals surface area contributed by atoms with Crippen molar-refractivity contribution in [1.82, 2.24) is 10.3 Å². The minimum Gasteiger partial charge on any atom is -0.394 e. The van der Waals surface area contributed by atoms with E-state index in [9.17, 15) is 27.9 Å². The summed E-state index contributed by atoms with van der Waals surface area (Å²) in [6.07, 6.45) is -2.40. The monoisotopic (exact) mass is 319 g/mol. The molecule has 2 rings (SSSR count). The maximum Gasteiger partial charge on any atom is 0.417 e. The number of alkyl halides is 3. The first kappa shape index (κ1) is 16.3. The van der Waals surface area contributed by atoms with E-state index in [1.54, 1.807) is 6.92 Å². The molecule has 1 saturated carbocycles. The number of hydrogen-bond donors (Lipinski definition) is 4. The molecule has 122 valence electrons. The molecule has 1 atom stereocenters. The van der Waals surface area contributed by atoms with Gasteiger partial charge in [-0.2, -0.15) is 13.2 Å². The summed E-state index contributed by atoms with van der Waals surface area (Å²) >= 11 is 0. The average molecular weight is 319 g/mol. The van der Waals surface area contributed by atoms with E-state index in [4.69, 9.17) is 0 Å². The topological polar surface area (TPSA) is 94.2 Å². The number of pyridine rings is 1. The Morgan fingerprint density at radius 3 is 2.59 bits per heavy atom. The van der Waals surface area contributed by atoms with Crippen LogP contribution in [0.2, 0.25) is 0 Å². The van der Waals surface area contributed by atoms with E-state index in [1.807, 2.05) is 4.98 Å². The normalized spacial score (nSPS) is 17.7. The number of hydrogen-bond acceptors (Lipinski definition) is 3. The summed E-state index contributed by atoms with van der Waals surface area (Å²) < 4.78 is 37.8. The van der Waals surface area contributed by atoms with E-state index in [-0.39, 0.29) is 12.5 Å². The van der Waals surface area contributed by atoms with Gasteiger partial charge in [-0.15, -0.1) is 0 Å². The molecular weight excluding hydrogens is 303 g/mol. The van der Waals surface area contributed by atoms with Crippen molar-refractivity contribution in [3.8, 4) is 0 Å². The Balaban J connectivity index is 2.13. The number of anilines is 1. The molecule has 1 unspecified atom stereocenters. The van der Waals surface area contributed by atoms with E-state index in [0.717, 1.165) is 12.8 Å². The van der Waals surface area contributed by atoms with Gasteiger partial charge in [-0.25, -0.2) is 4.79 Å². The van der Waals surface area contributed by atoms with E-state index >= 15 is 0 Å². The number of aliphatic hydroxyl groups is 1. The molecule has 1 aliphatic rings. The summed E-state index contributed by atoms with van der Waals surface area (Å²) in [6.45, 7) is 1.34. The van der Waals surface area contributed by atoms with Crippen LogP contribution in [0.1, 0.15) is 25.3 Å². The fourth-order valence-corrected chi connectivity index (χ4v) is 2.14. The summed E-state index contributed by atoms with van der Waals surface area (Å²) in [5, 5.41) is 14.0. The maximum absolute atomic E-state index is 12.6. The number of H-pyrrole nitrogens is 1. The van der Waals surface area contributed by atoms with E-state index in [1.165, 1.54) is 0 Å². The number of halogens is 3. The van der Waals surface area contributed by atoms with Crippen LogP contribution in [0.25, 0.3) is 0 Å². The minimum absolute atomic E-state index is 0.114. The van der Waals surface area contributed by atoms with Gasteiger partial charge in [0.15, 0.2) is 0 Å². The SMILES string of the molecule is CC(CO)(NC(=O)Nc1cc(C(F)(F)F)c[nH]c1=O)C1CC1. The van der Waals surface area contributed by atoms with Crippen molar-refractivity contribution in [2.24, 2.45) is 5.92 Å². The molecule has 0 saturated heterocycles. The van der Waals surface area contributed by atoms with E-state index < -0.39 is 34.6 Å². The predicted molar refractivity (Wildman–Crippen MR) is 72.4 cm³/mol. The Labute approximate surface area is 123 Å². The van der Waals surface area contributed by atoms with Crippen LogP contribution in [0, 0.1) is 5.92 Å². The van der Waals surface area contributed by atoms with Gasteiger partial charge in [0.1, 0.15) is 5.69 Å². The van der Waals surface area contributed by atoms with Crippen molar-refractivity contribution in [2.75, 3.05) is 11.9 Å². The lowest BCUT2D eigenvalue weighted by Gasteiger charge is -2.28. The molecule has 22 heavy (non-hydrogen) atoms. The number of rotatable bonds is 4. The third-order valence-corrected chi connectivity index (χ3v) is 3.68. The Morgan fingerprint density at radius 1 is 1.45 bits per heavy atom. The number of aliphatic hydroxyl groups excluding tert-OH is 1. The standard InChI is InChI=1S/C13H16F3N3O3/c1-12(6-20,7-2-3-7)19-11(22)18-9-4-8(13(14,15)16)5-17-10(9)21/h4-5,7,20H,2-3,6H2,1H3,(H,17,21)(H2,18,19,22). The fourth-order valence-electron chi connectivity index (χ4n) is 2.14. The van der Waals surface area contributed by atoms with Crippen molar-refractivity contribution >= 4 is 11.7 Å². The van der Waals surface area contributed by atoms with Gasteiger partial charge in [-0.3, -0.25) is 4.79 Å². The second kappa shape index (κ2) is 5.64. The molecule has 0 aliphatic heterocycles. The molecule has 0 radical (unpaired) electrons. The predicted octanol–water partition coefficient (Wildman–Crippen LogP) is 1.68. The van der Waals surface area contributed by atoms with Crippen molar-refractivity contribution in [3.63, 3.8) is 0 Å². The van der Waals surface area contributed by atoms with Crippen molar-refractivity contribution in [1.29, 1.82) is 0 Å². The number of carbonyl (C=O) groups excluding carboxylic acids is 1. The van der Waals surface area contributed by atoms with Gasteiger partial charge < -0.3 is 20.7 Å². The molecule has 1 aliphatic carbocycles. The van der Waals surface area contributed by atoms with Crippen molar-refractivity contribution in [2.45, 2.75) is 31.5 Å². The van der Waals surface area contributed by atoms with E-state index in [0.29, 0.717) is 12.3 Å². The minimum atomic E-state index is -4.63.